The number of aromatic nitrogens is 2. The smallest absolute Gasteiger partial charge is 0.408 e. The molecule has 0 unspecified atom stereocenters. The van der Waals surface area contributed by atoms with Crippen molar-refractivity contribution in [3.05, 3.63) is 41.6 Å². The van der Waals surface area contributed by atoms with E-state index >= 15 is 0 Å². The van der Waals surface area contributed by atoms with Gasteiger partial charge in [0.25, 0.3) is 0 Å². The van der Waals surface area contributed by atoms with E-state index in [1.807, 2.05) is 45.0 Å². The molecule has 10 heteroatoms. The first-order valence-corrected chi connectivity index (χ1v) is 14.1. The van der Waals surface area contributed by atoms with Crippen molar-refractivity contribution in [3.8, 4) is 5.75 Å². The third kappa shape index (κ3) is 10.3. The molecular formula is C30H44N4O6. The number of rotatable bonds is 10. The minimum absolute atomic E-state index is 0.0273. The zero-order chi connectivity index (χ0) is 29.5. The Morgan fingerprint density at radius 1 is 0.900 bits per heavy atom. The SMILES string of the molecule is CC(=O)C[C@H](NC(=O)C1CCCCC1)c1nnc([C@H](Cc2ccc(OC(C)(C)C)cc2)NC(=O)OC(C)(C)C)o1. The average molecular weight is 557 g/mol. The highest BCUT2D eigenvalue weighted by Gasteiger charge is 2.30. The molecule has 2 aromatic rings. The molecule has 10 nitrogen and oxygen atoms in total. The lowest BCUT2D eigenvalue weighted by Gasteiger charge is -2.23. The summed E-state index contributed by atoms with van der Waals surface area (Å²) < 4.78 is 17.4. The summed E-state index contributed by atoms with van der Waals surface area (Å²) in [5.74, 6) is 0.697. The maximum Gasteiger partial charge on any atom is 0.408 e. The number of benzene rings is 1. The average Bonchev–Trinajstić information content (AvgIpc) is 3.33. The molecule has 3 rings (SSSR count). The summed E-state index contributed by atoms with van der Waals surface area (Å²) in [7, 11) is 0. The number of hydrogen-bond donors (Lipinski definition) is 2. The molecule has 1 heterocycles. The van der Waals surface area contributed by atoms with Crippen LogP contribution in [0, 0.1) is 5.92 Å². The van der Waals surface area contributed by atoms with Gasteiger partial charge in [0.2, 0.25) is 17.7 Å². The molecule has 0 aliphatic heterocycles. The van der Waals surface area contributed by atoms with Gasteiger partial charge in [-0.05, 0) is 79.0 Å². The zero-order valence-electron chi connectivity index (χ0n) is 24.8. The van der Waals surface area contributed by atoms with E-state index in [2.05, 4.69) is 20.8 Å². The number of alkyl carbamates (subject to hydrolysis) is 1. The Morgan fingerprint density at radius 2 is 1.50 bits per heavy atom. The molecule has 220 valence electrons. The minimum Gasteiger partial charge on any atom is -0.488 e. The summed E-state index contributed by atoms with van der Waals surface area (Å²) in [6.07, 6.45) is 4.55. The van der Waals surface area contributed by atoms with Gasteiger partial charge in [-0.25, -0.2) is 4.79 Å². The Bertz CT molecular complexity index is 1140. The first kappa shape index (κ1) is 31.1. The topological polar surface area (TPSA) is 133 Å². The molecule has 1 aliphatic rings. The highest BCUT2D eigenvalue weighted by atomic mass is 16.6. The van der Waals surface area contributed by atoms with Crippen LogP contribution in [0.3, 0.4) is 0 Å². The number of amides is 2. The number of Topliss-reactive ketones (excluding diaryl/α,β-unsaturated/α-hetero) is 1. The fourth-order valence-corrected chi connectivity index (χ4v) is 4.60. The molecule has 2 amide bonds. The molecule has 1 aromatic heterocycles. The van der Waals surface area contributed by atoms with E-state index in [1.54, 1.807) is 20.8 Å². The second-order valence-electron chi connectivity index (χ2n) is 12.5. The molecule has 1 aromatic carbocycles. The van der Waals surface area contributed by atoms with Crippen LogP contribution in [0.1, 0.15) is 116 Å². The predicted molar refractivity (Wildman–Crippen MR) is 150 cm³/mol. The van der Waals surface area contributed by atoms with Crippen molar-refractivity contribution in [3.63, 3.8) is 0 Å². The number of carbonyl (C=O) groups is 3. The van der Waals surface area contributed by atoms with Gasteiger partial charge in [-0.3, -0.25) is 9.59 Å². The molecule has 40 heavy (non-hydrogen) atoms. The summed E-state index contributed by atoms with van der Waals surface area (Å²) in [5, 5.41) is 14.2. The third-order valence-corrected chi connectivity index (χ3v) is 6.31. The van der Waals surface area contributed by atoms with E-state index < -0.39 is 23.8 Å². The van der Waals surface area contributed by atoms with Crippen LogP contribution in [0.2, 0.25) is 0 Å². The van der Waals surface area contributed by atoms with Gasteiger partial charge in [-0.2, -0.15) is 0 Å². The predicted octanol–water partition coefficient (Wildman–Crippen LogP) is 5.77. The maximum absolute atomic E-state index is 12.9. The first-order valence-electron chi connectivity index (χ1n) is 14.1. The van der Waals surface area contributed by atoms with Crippen molar-refractivity contribution >= 4 is 17.8 Å². The number of carbonyl (C=O) groups excluding carboxylic acids is 3. The lowest BCUT2D eigenvalue weighted by atomic mass is 9.88. The van der Waals surface area contributed by atoms with Gasteiger partial charge in [-0.1, -0.05) is 31.4 Å². The van der Waals surface area contributed by atoms with Crippen LogP contribution < -0.4 is 15.4 Å². The second-order valence-corrected chi connectivity index (χ2v) is 12.5. The molecular weight excluding hydrogens is 512 g/mol. The molecule has 1 fully saturated rings. The van der Waals surface area contributed by atoms with Crippen LogP contribution >= 0.6 is 0 Å². The normalized spacial score (nSPS) is 16.1. The highest BCUT2D eigenvalue weighted by molar-refractivity contribution is 5.81. The standard InChI is InChI=1S/C30H44N4O6/c1-19(35)17-23(31-25(36)21-11-9-8-10-12-21)26-33-34-27(38-26)24(32-28(37)40-30(5,6)7)18-20-13-15-22(16-14-20)39-29(2,3)4/h13-16,21,23-24H,8-12,17-18H2,1-7H3,(H,31,36)(H,32,37)/t23-,24-/m0/s1. The summed E-state index contributed by atoms with van der Waals surface area (Å²) >= 11 is 0. The Kier molecular flexibility index (Phi) is 10.3. The fraction of sp³-hybridized carbons (Fsp3) is 0.633. The lowest BCUT2D eigenvalue weighted by Crippen LogP contribution is -2.36. The van der Waals surface area contributed by atoms with Crippen LogP contribution in [0.15, 0.2) is 28.7 Å². The molecule has 2 atom stereocenters. The number of ketones is 1. The Labute approximate surface area is 237 Å². The number of ether oxygens (including phenoxy) is 2. The van der Waals surface area contributed by atoms with Crippen molar-refractivity contribution in [2.75, 3.05) is 0 Å². The molecule has 0 saturated heterocycles. The van der Waals surface area contributed by atoms with Crippen LogP contribution in [0.4, 0.5) is 4.79 Å². The molecule has 0 radical (unpaired) electrons. The second kappa shape index (κ2) is 13.3. The van der Waals surface area contributed by atoms with E-state index in [1.165, 1.54) is 6.92 Å². The van der Waals surface area contributed by atoms with Crippen molar-refractivity contribution in [1.29, 1.82) is 0 Å². The van der Waals surface area contributed by atoms with Gasteiger partial charge in [0.05, 0.1) is 0 Å². The van der Waals surface area contributed by atoms with E-state index in [9.17, 15) is 14.4 Å². The molecule has 0 spiro atoms. The van der Waals surface area contributed by atoms with Crippen LogP contribution in [0.5, 0.6) is 5.75 Å². The summed E-state index contributed by atoms with van der Waals surface area (Å²) in [6, 6.07) is 6.10. The van der Waals surface area contributed by atoms with Crippen molar-refractivity contribution < 1.29 is 28.3 Å². The van der Waals surface area contributed by atoms with Crippen molar-refractivity contribution in [1.82, 2.24) is 20.8 Å². The van der Waals surface area contributed by atoms with Gasteiger partial charge in [0, 0.05) is 18.8 Å². The van der Waals surface area contributed by atoms with E-state index in [4.69, 9.17) is 13.9 Å². The number of nitrogens with zero attached hydrogens (tertiary/aromatic N) is 2. The molecule has 1 saturated carbocycles. The van der Waals surface area contributed by atoms with E-state index in [0.29, 0.717) is 6.42 Å². The summed E-state index contributed by atoms with van der Waals surface area (Å²) in [4.78, 5) is 37.7. The van der Waals surface area contributed by atoms with Crippen LogP contribution in [0.25, 0.3) is 0 Å². The van der Waals surface area contributed by atoms with Gasteiger partial charge in [0.15, 0.2) is 0 Å². The molecule has 2 N–H and O–H groups in total. The third-order valence-electron chi connectivity index (χ3n) is 6.31. The van der Waals surface area contributed by atoms with Gasteiger partial charge >= 0.3 is 6.09 Å². The number of nitrogens with one attached hydrogen (secondary N) is 2. The Morgan fingerprint density at radius 3 is 2.05 bits per heavy atom. The summed E-state index contributed by atoms with van der Waals surface area (Å²) in [6.45, 7) is 12.7. The fourth-order valence-electron chi connectivity index (χ4n) is 4.60. The zero-order valence-corrected chi connectivity index (χ0v) is 24.8. The van der Waals surface area contributed by atoms with E-state index in [0.717, 1.165) is 43.4 Å². The van der Waals surface area contributed by atoms with Gasteiger partial charge in [0.1, 0.15) is 34.8 Å². The highest BCUT2D eigenvalue weighted by Crippen LogP contribution is 2.27. The van der Waals surface area contributed by atoms with E-state index in [-0.39, 0.29) is 41.4 Å². The maximum atomic E-state index is 12.9. The lowest BCUT2D eigenvalue weighted by molar-refractivity contribution is -0.127. The molecule has 1 aliphatic carbocycles. The van der Waals surface area contributed by atoms with Gasteiger partial charge in [-0.15, -0.1) is 10.2 Å². The van der Waals surface area contributed by atoms with Crippen LogP contribution in [-0.2, 0) is 20.7 Å². The van der Waals surface area contributed by atoms with Gasteiger partial charge < -0.3 is 24.5 Å². The molecule has 0 bridgehead atoms. The van der Waals surface area contributed by atoms with Crippen molar-refractivity contribution in [2.45, 2.75) is 117 Å². The Hall–Kier alpha value is -3.43. The Balaban J connectivity index is 1.82. The van der Waals surface area contributed by atoms with Crippen LogP contribution in [-0.4, -0.2) is 39.2 Å². The summed E-state index contributed by atoms with van der Waals surface area (Å²) in [5.41, 5.74) is -0.130. The largest absolute Gasteiger partial charge is 0.488 e. The minimum atomic E-state index is -0.746. The first-order chi connectivity index (χ1) is 18.7. The number of hydrogen-bond acceptors (Lipinski definition) is 8. The quantitative estimate of drug-likeness (QED) is 0.377. The van der Waals surface area contributed by atoms with Crippen molar-refractivity contribution in [2.24, 2.45) is 5.92 Å². The monoisotopic (exact) mass is 556 g/mol.